The van der Waals surface area contributed by atoms with E-state index in [4.69, 9.17) is 23.7 Å². The Morgan fingerprint density at radius 2 is 1.50 bits per heavy atom. The molecule has 5 heteroatoms. The lowest BCUT2D eigenvalue weighted by molar-refractivity contribution is -0.0862. The van der Waals surface area contributed by atoms with E-state index in [0.29, 0.717) is 33.0 Å². The van der Waals surface area contributed by atoms with Crippen LogP contribution in [0.25, 0.3) is 0 Å². The van der Waals surface area contributed by atoms with Gasteiger partial charge in [-0.15, -0.1) is 0 Å². The first kappa shape index (κ1) is 13.9. The highest BCUT2D eigenvalue weighted by atomic mass is 16.6. The van der Waals surface area contributed by atoms with Crippen LogP contribution in [0.5, 0.6) is 0 Å². The van der Waals surface area contributed by atoms with Crippen LogP contribution in [0.3, 0.4) is 0 Å². The highest BCUT2D eigenvalue weighted by Crippen LogP contribution is 2.20. The van der Waals surface area contributed by atoms with Gasteiger partial charge in [-0.3, -0.25) is 0 Å². The quantitative estimate of drug-likeness (QED) is 0.510. The lowest BCUT2D eigenvalue weighted by Gasteiger charge is -2.31. The van der Waals surface area contributed by atoms with Crippen molar-refractivity contribution in [1.29, 1.82) is 0 Å². The molecule has 96 valence electrons. The largest absolute Gasteiger partial charge is 0.384 e. The summed E-state index contributed by atoms with van der Waals surface area (Å²) in [6.45, 7) is 3.67. The molecule has 1 unspecified atom stereocenters. The van der Waals surface area contributed by atoms with Gasteiger partial charge in [0.15, 0.2) is 0 Å². The molecule has 0 saturated carbocycles. The molecule has 0 aromatic heterocycles. The van der Waals surface area contributed by atoms with Crippen LogP contribution in [0.4, 0.5) is 0 Å². The van der Waals surface area contributed by atoms with Crippen LogP contribution in [-0.2, 0) is 23.7 Å². The third-order valence-electron chi connectivity index (χ3n) is 2.47. The first-order chi connectivity index (χ1) is 7.76. The fourth-order valence-corrected chi connectivity index (χ4v) is 1.74. The zero-order valence-electron chi connectivity index (χ0n) is 10.4. The second-order valence-electron chi connectivity index (χ2n) is 4.27. The van der Waals surface area contributed by atoms with Crippen molar-refractivity contribution in [3.63, 3.8) is 0 Å². The van der Waals surface area contributed by atoms with Gasteiger partial charge in [0.25, 0.3) is 0 Å². The van der Waals surface area contributed by atoms with Crippen LogP contribution < -0.4 is 0 Å². The maximum atomic E-state index is 5.62. The summed E-state index contributed by atoms with van der Waals surface area (Å²) in [5, 5.41) is 0. The predicted octanol–water partition coefficient (Wildman–Crippen LogP) is 0.327. The number of epoxide rings is 1. The van der Waals surface area contributed by atoms with E-state index in [1.807, 2.05) is 0 Å². The van der Waals surface area contributed by atoms with E-state index < -0.39 is 0 Å². The number of hydrogen-bond acceptors (Lipinski definition) is 5. The highest BCUT2D eigenvalue weighted by Gasteiger charge is 2.32. The molecule has 0 bridgehead atoms. The molecule has 1 fully saturated rings. The molecule has 1 heterocycles. The monoisotopic (exact) mass is 234 g/mol. The molecule has 0 aromatic carbocycles. The molecule has 1 atom stereocenters. The van der Waals surface area contributed by atoms with Gasteiger partial charge < -0.3 is 23.7 Å². The van der Waals surface area contributed by atoms with Crippen molar-refractivity contribution in [2.45, 2.75) is 6.10 Å². The number of methoxy groups -OCH3 is 3. The normalized spacial score (nSPS) is 20.1. The van der Waals surface area contributed by atoms with Gasteiger partial charge in [0, 0.05) is 21.3 Å². The Balaban J connectivity index is 2.36. The topological polar surface area (TPSA) is 49.5 Å². The van der Waals surface area contributed by atoms with Crippen LogP contribution in [-0.4, -0.2) is 67.1 Å². The zero-order valence-corrected chi connectivity index (χ0v) is 10.4. The third-order valence-corrected chi connectivity index (χ3v) is 2.47. The number of ether oxygens (including phenoxy) is 5. The molecule has 1 rings (SSSR count). The van der Waals surface area contributed by atoms with Crippen LogP contribution in [0.2, 0.25) is 0 Å². The van der Waals surface area contributed by atoms with Gasteiger partial charge in [-0.1, -0.05) is 0 Å². The van der Waals surface area contributed by atoms with E-state index in [1.165, 1.54) is 0 Å². The van der Waals surface area contributed by atoms with Crippen molar-refractivity contribution < 1.29 is 23.7 Å². The summed E-state index contributed by atoms with van der Waals surface area (Å²) in [4.78, 5) is 0. The predicted molar refractivity (Wildman–Crippen MR) is 58.6 cm³/mol. The molecule has 0 aromatic rings. The van der Waals surface area contributed by atoms with E-state index >= 15 is 0 Å². The SMILES string of the molecule is COCC(COC)(COC)COCC1CO1. The lowest BCUT2D eigenvalue weighted by Crippen LogP contribution is -2.41. The molecule has 1 aliphatic rings. The zero-order chi connectivity index (χ0) is 11.9. The fourth-order valence-electron chi connectivity index (χ4n) is 1.74. The third kappa shape index (κ3) is 4.76. The minimum Gasteiger partial charge on any atom is -0.384 e. The van der Waals surface area contributed by atoms with Gasteiger partial charge >= 0.3 is 0 Å². The van der Waals surface area contributed by atoms with Crippen LogP contribution in [0.15, 0.2) is 0 Å². The van der Waals surface area contributed by atoms with E-state index in [1.54, 1.807) is 21.3 Å². The number of hydrogen-bond donors (Lipinski definition) is 0. The van der Waals surface area contributed by atoms with Crippen molar-refractivity contribution in [2.24, 2.45) is 5.41 Å². The molecule has 0 amide bonds. The van der Waals surface area contributed by atoms with Crippen LogP contribution in [0.1, 0.15) is 0 Å². The molecule has 0 aliphatic carbocycles. The Morgan fingerprint density at radius 3 is 1.88 bits per heavy atom. The first-order valence-corrected chi connectivity index (χ1v) is 5.42. The molecule has 0 N–H and O–H groups in total. The lowest BCUT2D eigenvalue weighted by atomic mass is 9.92. The average Bonchev–Trinajstić information content (AvgIpc) is 3.03. The number of rotatable bonds is 10. The maximum absolute atomic E-state index is 5.62. The Labute approximate surface area is 97.0 Å². The minimum atomic E-state index is -0.229. The molecular formula is C11H22O5. The van der Waals surface area contributed by atoms with E-state index in [-0.39, 0.29) is 11.5 Å². The van der Waals surface area contributed by atoms with Gasteiger partial charge in [-0.2, -0.15) is 0 Å². The summed E-state index contributed by atoms with van der Waals surface area (Å²) in [5.74, 6) is 0. The Hall–Kier alpha value is -0.200. The molecule has 1 saturated heterocycles. The standard InChI is InChI=1S/C11H22O5/c1-12-6-11(7-13-2,8-14-3)9-15-4-10-5-16-10/h10H,4-9H2,1-3H3. The summed E-state index contributed by atoms with van der Waals surface area (Å²) >= 11 is 0. The van der Waals surface area contributed by atoms with E-state index in [9.17, 15) is 0 Å². The Bertz CT molecular complexity index is 164. The van der Waals surface area contributed by atoms with Gasteiger partial charge in [-0.25, -0.2) is 0 Å². The summed E-state index contributed by atoms with van der Waals surface area (Å²) in [5.41, 5.74) is -0.229. The van der Waals surface area contributed by atoms with Crippen LogP contribution in [0, 0.1) is 5.41 Å². The fraction of sp³-hybridized carbons (Fsp3) is 1.00. The van der Waals surface area contributed by atoms with Crippen molar-refractivity contribution >= 4 is 0 Å². The molecule has 0 spiro atoms. The van der Waals surface area contributed by atoms with E-state index in [0.717, 1.165) is 6.61 Å². The summed E-state index contributed by atoms with van der Waals surface area (Å²) in [7, 11) is 5.01. The molecule has 5 nitrogen and oxygen atoms in total. The summed E-state index contributed by atoms with van der Waals surface area (Å²) in [6.07, 6.45) is 0.283. The van der Waals surface area contributed by atoms with Crippen molar-refractivity contribution in [2.75, 3.05) is 61.0 Å². The first-order valence-electron chi connectivity index (χ1n) is 5.42. The second kappa shape index (κ2) is 7.19. The van der Waals surface area contributed by atoms with Crippen molar-refractivity contribution in [3.05, 3.63) is 0 Å². The average molecular weight is 234 g/mol. The maximum Gasteiger partial charge on any atom is 0.104 e. The summed E-state index contributed by atoms with van der Waals surface area (Å²) < 4.78 is 26.3. The molecular weight excluding hydrogens is 212 g/mol. The van der Waals surface area contributed by atoms with Crippen molar-refractivity contribution in [1.82, 2.24) is 0 Å². The van der Waals surface area contributed by atoms with Gasteiger partial charge in [0.05, 0.1) is 45.1 Å². The highest BCUT2D eigenvalue weighted by molar-refractivity contribution is 4.79. The van der Waals surface area contributed by atoms with E-state index in [2.05, 4.69) is 0 Å². The molecule has 1 aliphatic heterocycles. The smallest absolute Gasteiger partial charge is 0.104 e. The minimum absolute atomic E-state index is 0.229. The second-order valence-corrected chi connectivity index (χ2v) is 4.27. The van der Waals surface area contributed by atoms with Gasteiger partial charge in [-0.05, 0) is 0 Å². The molecule has 0 radical (unpaired) electrons. The van der Waals surface area contributed by atoms with Crippen molar-refractivity contribution in [3.8, 4) is 0 Å². The van der Waals surface area contributed by atoms with Crippen LogP contribution >= 0.6 is 0 Å². The Morgan fingerprint density at radius 1 is 1.00 bits per heavy atom. The Kier molecular flexibility index (Phi) is 6.23. The van der Waals surface area contributed by atoms with Gasteiger partial charge in [0.1, 0.15) is 6.10 Å². The molecule has 16 heavy (non-hydrogen) atoms. The van der Waals surface area contributed by atoms with Gasteiger partial charge in [0.2, 0.25) is 0 Å². The summed E-state index contributed by atoms with van der Waals surface area (Å²) in [6, 6.07) is 0.